The van der Waals surface area contributed by atoms with Gasteiger partial charge in [-0.05, 0) is 67.2 Å². The lowest BCUT2D eigenvalue weighted by molar-refractivity contribution is 0.0971. The Morgan fingerprint density at radius 3 is 2.48 bits per heavy atom. The van der Waals surface area contributed by atoms with Crippen LogP contribution < -0.4 is 20.1 Å². The van der Waals surface area contributed by atoms with Crippen molar-refractivity contribution in [1.82, 2.24) is 10.3 Å². The number of aromatic hydroxyl groups is 1. The largest absolute Gasteiger partial charge is 0.507 e. The van der Waals surface area contributed by atoms with E-state index in [-0.39, 0.29) is 22.3 Å². The van der Waals surface area contributed by atoms with Crippen molar-refractivity contribution in [1.29, 1.82) is 0 Å². The molecule has 0 radical (unpaired) electrons. The molecule has 4 rings (SSSR count). The van der Waals surface area contributed by atoms with Crippen molar-refractivity contribution in [3.8, 4) is 28.7 Å². The van der Waals surface area contributed by atoms with Gasteiger partial charge >= 0.3 is 0 Å². The zero-order valence-electron chi connectivity index (χ0n) is 18.1. The number of hydrogen-bond donors (Lipinski definition) is 3. The summed E-state index contributed by atoms with van der Waals surface area (Å²) in [6, 6.07) is 15.4. The molecule has 1 aromatic heterocycles. The topological polar surface area (TPSA) is 106 Å². The number of rotatable bonds is 5. The van der Waals surface area contributed by atoms with Crippen LogP contribution in [0.3, 0.4) is 0 Å². The number of phenols is 1. The van der Waals surface area contributed by atoms with Gasteiger partial charge in [0.1, 0.15) is 28.3 Å². The first kappa shape index (κ1) is 22.1. The Balaban J connectivity index is 1.55. The molecule has 3 N–H and O–H groups in total. The lowest BCUT2D eigenvalue weighted by atomic mass is 10.1. The zero-order valence-corrected chi connectivity index (χ0v) is 18.9. The fourth-order valence-corrected chi connectivity index (χ4v) is 3.55. The van der Waals surface area contributed by atoms with E-state index in [1.54, 1.807) is 30.3 Å². The number of ether oxygens (including phenoxy) is 2. The zero-order chi connectivity index (χ0) is 23.5. The van der Waals surface area contributed by atoms with Crippen LogP contribution in [-0.4, -0.2) is 35.3 Å². The average Bonchev–Trinajstić information content (AvgIpc) is 3.22. The Bertz CT molecular complexity index is 1340. The summed E-state index contributed by atoms with van der Waals surface area (Å²) in [4.78, 5) is 17.3. The SMILES string of the molecule is COc1cccc(OC)c1C(=O)NC(=S)Nc1ccc(O)c(-c2nc3ccc(C)cc3o2)c1. The molecule has 0 aliphatic heterocycles. The number of fused-ring (bicyclic) bond motifs is 1. The van der Waals surface area contributed by atoms with E-state index in [1.165, 1.54) is 20.3 Å². The summed E-state index contributed by atoms with van der Waals surface area (Å²) in [7, 11) is 2.93. The van der Waals surface area contributed by atoms with E-state index in [1.807, 2.05) is 25.1 Å². The quantitative estimate of drug-likeness (QED) is 0.290. The number of aryl methyl sites for hydroxylation is 1. The molecule has 4 aromatic rings. The van der Waals surface area contributed by atoms with Gasteiger partial charge in [-0.15, -0.1) is 0 Å². The number of nitrogens with zero attached hydrogens (tertiary/aromatic N) is 1. The maximum atomic E-state index is 12.8. The Kier molecular flexibility index (Phi) is 6.14. The summed E-state index contributed by atoms with van der Waals surface area (Å²) in [6.07, 6.45) is 0. The highest BCUT2D eigenvalue weighted by atomic mass is 32.1. The lowest BCUT2D eigenvalue weighted by Crippen LogP contribution is -2.34. The van der Waals surface area contributed by atoms with E-state index in [4.69, 9.17) is 26.1 Å². The van der Waals surface area contributed by atoms with Gasteiger partial charge in [0.2, 0.25) is 5.89 Å². The standard InChI is InChI=1S/C24H21N3O5S/c1-13-7-9-16-20(11-13)32-23(26-16)15-12-14(8-10-17(15)28)25-24(33)27-22(29)21-18(30-2)5-4-6-19(21)31-3/h4-12,28H,1-3H3,(H2,25,27,29,33). The number of methoxy groups -OCH3 is 2. The number of nitrogens with one attached hydrogen (secondary N) is 2. The Labute approximate surface area is 195 Å². The van der Waals surface area contributed by atoms with Crippen molar-refractivity contribution in [3.63, 3.8) is 0 Å². The van der Waals surface area contributed by atoms with Crippen molar-refractivity contribution in [2.24, 2.45) is 0 Å². The molecule has 0 aliphatic rings. The number of oxazole rings is 1. The Morgan fingerprint density at radius 1 is 1.06 bits per heavy atom. The molecule has 1 heterocycles. The van der Waals surface area contributed by atoms with Crippen LogP contribution in [0.2, 0.25) is 0 Å². The third kappa shape index (κ3) is 4.58. The minimum atomic E-state index is -0.491. The van der Waals surface area contributed by atoms with Crippen LogP contribution in [0.25, 0.3) is 22.6 Å². The predicted octanol–water partition coefficient (Wildman–Crippen LogP) is 4.65. The predicted molar refractivity (Wildman–Crippen MR) is 129 cm³/mol. The molecule has 0 bridgehead atoms. The molecule has 9 heteroatoms. The summed E-state index contributed by atoms with van der Waals surface area (Å²) in [5.41, 5.74) is 3.48. The second kappa shape index (κ2) is 9.17. The van der Waals surface area contributed by atoms with Crippen molar-refractivity contribution in [2.75, 3.05) is 19.5 Å². The molecule has 1 amide bonds. The van der Waals surface area contributed by atoms with Crippen molar-refractivity contribution in [3.05, 3.63) is 65.7 Å². The molecule has 0 aliphatic carbocycles. The summed E-state index contributed by atoms with van der Waals surface area (Å²) >= 11 is 5.30. The van der Waals surface area contributed by atoms with Crippen molar-refractivity contribution >= 4 is 40.0 Å². The average molecular weight is 464 g/mol. The monoisotopic (exact) mass is 463 g/mol. The van der Waals surface area contributed by atoms with E-state index in [0.717, 1.165) is 5.56 Å². The van der Waals surface area contributed by atoms with Crippen molar-refractivity contribution in [2.45, 2.75) is 6.92 Å². The number of carbonyl (C=O) groups is 1. The number of carbonyl (C=O) groups excluding carboxylic acids is 1. The van der Waals surface area contributed by atoms with Gasteiger partial charge in [-0.2, -0.15) is 0 Å². The summed E-state index contributed by atoms with van der Waals surface area (Å²) in [5.74, 6) is 0.485. The molecule has 0 spiro atoms. The minimum Gasteiger partial charge on any atom is -0.507 e. The van der Waals surface area contributed by atoms with Crippen LogP contribution in [0.1, 0.15) is 15.9 Å². The van der Waals surface area contributed by atoms with Gasteiger partial charge in [0.05, 0.1) is 19.8 Å². The molecule has 168 valence electrons. The molecule has 3 aromatic carbocycles. The van der Waals surface area contributed by atoms with E-state index < -0.39 is 5.91 Å². The summed E-state index contributed by atoms with van der Waals surface area (Å²) < 4.78 is 16.4. The van der Waals surface area contributed by atoms with Crippen LogP contribution in [0, 0.1) is 6.92 Å². The fourth-order valence-electron chi connectivity index (χ4n) is 3.34. The Morgan fingerprint density at radius 2 is 1.79 bits per heavy atom. The van der Waals surface area contributed by atoms with Crippen LogP contribution in [-0.2, 0) is 0 Å². The molecule has 0 saturated heterocycles. The van der Waals surface area contributed by atoms with Crippen molar-refractivity contribution < 1.29 is 23.8 Å². The second-order valence-corrected chi connectivity index (χ2v) is 7.58. The van der Waals surface area contributed by atoms with Crippen LogP contribution in [0.4, 0.5) is 5.69 Å². The van der Waals surface area contributed by atoms with E-state index >= 15 is 0 Å². The third-order valence-electron chi connectivity index (χ3n) is 4.91. The van der Waals surface area contributed by atoms with Gasteiger partial charge in [-0.25, -0.2) is 4.98 Å². The van der Waals surface area contributed by atoms with Gasteiger partial charge in [-0.1, -0.05) is 12.1 Å². The fraction of sp³-hybridized carbons (Fsp3) is 0.125. The van der Waals surface area contributed by atoms with E-state index in [2.05, 4.69) is 15.6 Å². The molecule has 0 saturated carbocycles. The first-order valence-electron chi connectivity index (χ1n) is 9.93. The number of aromatic nitrogens is 1. The normalized spacial score (nSPS) is 10.6. The molecular weight excluding hydrogens is 442 g/mol. The van der Waals surface area contributed by atoms with Crippen LogP contribution in [0.15, 0.2) is 59.0 Å². The highest BCUT2D eigenvalue weighted by Crippen LogP contribution is 2.33. The maximum Gasteiger partial charge on any atom is 0.264 e. The van der Waals surface area contributed by atoms with Gasteiger partial charge in [0.15, 0.2) is 10.7 Å². The number of anilines is 1. The first-order valence-corrected chi connectivity index (χ1v) is 10.3. The third-order valence-corrected chi connectivity index (χ3v) is 5.11. The van der Waals surface area contributed by atoms with Crippen LogP contribution in [0.5, 0.6) is 17.2 Å². The second-order valence-electron chi connectivity index (χ2n) is 7.17. The molecule has 0 atom stereocenters. The Hall–Kier alpha value is -4.11. The lowest BCUT2D eigenvalue weighted by Gasteiger charge is -2.14. The number of amides is 1. The molecule has 0 unspecified atom stereocenters. The smallest absolute Gasteiger partial charge is 0.264 e. The first-order chi connectivity index (χ1) is 15.9. The molecule has 33 heavy (non-hydrogen) atoms. The van der Waals surface area contributed by atoms with E-state index in [0.29, 0.717) is 33.8 Å². The molecule has 8 nitrogen and oxygen atoms in total. The van der Waals surface area contributed by atoms with E-state index in [9.17, 15) is 9.90 Å². The number of phenolic OH excluding ortho intramolecular Hbond substituents is 1. The highest BCUT2D eigenvalue weighted by Gasteiger charge is 2.20. The van der Waals surface area contributed by atoms with Gasteiger partial charge in [-0.3, -0.25) is 10.1 Å². The molecular formula is C24H21N3O5S. The van der Waals surface area contributed by atoms with Crippen LogP contribution >= 0.6 is 12.2 Å². The van der Waals surface area contributed by atoms with Gasteiger partial charge < -0.3 is 24.3 Å². The summed E-state index contributed by atoms with van der Waals surface area (Å²) in [5, 5.41) is 16.0. The minimum absolute atomic E-state index is 0.00228. The highest BCUT2D eigenvalue weighted by molar-refractivity contribution is 7.80. The maximum absolute atomic E-state index is 12.8. The number of thiocarbonyl (C=S) groups is 1. The number of benzene rings is 3. The number of hydrogen-bond acceptors (Lipinski definition) is 7. The van der Waals surface area contributed by atoms with Gasteiger partial charge in [0.25, 0.3) is 5.91 Å². The molecule has 0 fully saturated rings. The summed E-state index contributed by atoms with van der Waals surface area (Å²) in [6.45, 7) is 1.96. The van der Waals surface area contributed by atoms with Gasteiger partial charge in [0, 0.05) is 5.69 Å².